The summed E-state index contributed by atoms with van der Waals surface area (Å²) >= 11 is 0. The maximum atomic E-state index is 13.0. The largest absolute Gasteiger partial charge is 0.486 e. The first-order valence-corrected chi connectivity index (χ1v) is 10.9. The molecule has 4 bridgehead atoms. The van der Waals surface area contributed by atoms with E-state index in [-0.39, 0.29) is 11.5 Å². The first-order chi connectivity index (χ1) is 13.6. The minimum Gasteiger partial charge on any atom is -0.486 e. The number of carbonyl (C=O) groups is 1. The molecule has 1 N–H and O–H groups in total. The van der Waals surface area contributed by atoms with E-state index in [1.807, 2.05) is 24.3 Å². The molecule has 1 aromatic rings. The molecule has 4 fully saturated rings. The maximum Gasteiger partial charge on any atom is 0.226 e. The van der Waals surface area contributed by atoms with Gasteiger partial charge in [-0.2, -0.15) is 0 Å². The van der Waals surface area contributed by atoms with Crippen LogP contribution in [-0.4, -0.2) is 50.2 Å². The molecule has 152 valence electrons. The minimum absolute atomic E-state index is 0.0266. The van der Waals surface area contributed by atoms with Gasteiger partial charge in [0.15, 0.2) is 11.5 Å². The summed E-state index contributed by atoms with van der Waals surface area (Å²) in [7, 11) is 2.08. The molecule has 0 spiro atoms. The number of nitrogens with one attached hydrogen (secondary N) is 1. The van der Waals surface area contributed by atoms with E-state index in [2.05, 4.69) is 17.3 Å². The lowest BCUT2D eigenvalue weighted by molar-refractivity contribution is -0.146. The molecule has 1 heterocycles. The van der Waals surface area contributed by atoms with E-state index in [1.165, 1.54) is 19.3 Å². The molecule has 1 atom stereocenters. The first kappa shape index (κ1) is 18.3. The van der Waals surface area contributed by atoms with Gasteiger partial charge < -0.3 is 19.7 Å². The molecule has 1 amide bonds. The molecule has 0 aromatic heterocycles. The van der Waals surface area contributed by atoms with Gasteiger partial charge in [-0.1, -0.05) is 12.1 Å². The zero-order valence-electron chi connectivity index (χ0n) is 16.9. The van der Waals surface area contributed by atoms with Crippen LogP contribution in [-0.2, 0) is 4.79 Å². The summed E-state index contributed by atoms with van der Waals surface area (Å²) in [5.74, 6) is 4.40. The Morgan fingerprint density at radius 2 is 1.75 bits per heavy atom. The lowest BCUT2D eigenvalue weighted by Gasteiger charge is -2.55. The third-order valence-corrected chi connectivity index (χ3v) is 7.38. The predicted octanol–water partition coefficient (Wildman–Crippen LogP) is 3.09. The molecule has 1 unspecified atom stereocenters. The Kier molecular flexibility index (Phi) is 4.74. The second-order valence-electron chi connectivity index (χ2n) is 9.71. The summed E-state index contributed by atoms with van der Waals surface area (Å²) in [5.41, 5.74) is -0.0443. The molecule has 0 saturated heterocycles. The van der Waals surface area contributed by atoms with E-state index in [9.17, 15) is 4.79 Å². The third-order valence-electron chi connectivity index (χ3n) is 7.38. The predicted molar refractivity (Wildman–Crippen MR) is 107 cm³/mol. The van der Waals surface area contributed by atoms with E-state index in [1.54, 1.807) is 0 Å². The Hall–Kier alpha value is -1.75. The zero-order chi connectivity index (χ0) is 19.1. The van der Waals surface area contributed by atoms with Crippen LogP contribution in [0, 0.1) is 23.2 Å². The third kappa shape index (κ3) is 3.49. The van der Waals surface area contributed by atoms with Gasteiger partial charge in [0.25, 0.3) is 0 Å². The smallest absolute Gasteiger partial charge is 0.226 e. The fraction of sp³-hybridized carbons (Fsp3) is 0.696. The van der Waals surface area contributed by atoms with Gasteiger partial charge in [-0.05, 0) is 75.5 Å². The van der Waals surface area contributed by atoms with Crippen LogP contribution >= 0.6 is 0 Å². The maximum absolute atomic E-state index is 13.0. The number of nitrogens with zero attached hydrogens (tertiary/aromatic N) is 1. The second kappa shape index (κ2) is 7.25. The number of carbonyl (C=O) groups excluding carboxylic acids is 1. The van der Waals surface area contributed by atoms with Crippen LogP contribution < -0.4 is 14.8 Å². The normalized spacial score (nSPS) is 35.2. The highest BCUT2D eigenvalue weighted by molar-refractivity contribution is 5.83. The summed E-state index contributed by atoms with van der Waals surface area (Å²) in [6.45, 7) is 2.91. The van der Waals surface area contributed by atoms with Crippen LogP contribution in [0.5, 0.6) is 11.5 Å². The van der Waals surface area contributed by atoms with Crippen LogP contribution in [0.15, 0.2) is 24.3 Å². The number of hydrogen-bond acceptors (Lipinski definition) is 4. The molecule has 6 rings (SSSR count). The number of benzene rings is 1. The average Bonchev–Trinajstić information content (AvgIpc) is 2.67. The van der Waals surface area contributed by atoms with Gasteiger partial charge in [0, 0.05) is 25.0 Å². The SMILES string of the molecule is CN(CCNC(=O)C12CC3CC(CC(C3)C1)C2)CC1COc2ccccc2O1. The zero-order valence-corrected chi connectivity index (χ0v) is 16.9. The van der Waals surface area contributed by atoms with Crippen LogP contribution in [0.2, 0.25) is 0 Å². The lowest BCUT2D eigenvalue weighted by Crippen LogP contribution is -2.54. The number of ether oxygens (including phenoxy) is 2. The molecule has 0 radical (unpaired) electrons. The summed E-state index contributed by atoms with van der Waals surface area (Å²) in [5, 5.41) is 3.27. The van der Waals surface area contributed by atoms with Crippen LogP contribution in [0.4, 0.5) is 0 Å². The molecule has 1 aliphatic heterocycles. The fourth-order valence-corrected chi connectivity index (χ4v) is 6.53. The minimum atomic E-state index is -0.0443. The highest BCUT2D eigenvalue weighted by atomic mass is 16.6. The summed E-state index contributed by atoms with van der Waals surface area (Å²) in [6, 6.07) is 7.82. The Morgan fingerprint density at radius 1 is 1.11 bits per heavy atom. The van der Waals surface area contributed by atoms with E-state index in [4.69, 9.17) is 9.47 Å². The van der Waals surface area contributed by atoms with E-state index in [0.29, 0.717) is 19.1 Å². The van der Waals surface area contributed by atoms with Gasteiger partial charge in [-0.3, -0.25) is 4.79 Å². The molecule has 4 aliphatic carbocycles. The number of amides is 1. The fourth-order valence-electron chi connectivity index (χ4n) is 6.53. The van der Waals surface area contributed by atoms with Crippen molar-refractivity contribution in [1.29, 1.82) is 0 Å². The number of para-hydroxylation sites is 2. The van der Waals surface area contributed by atoms with Crippen molar-refractivity contribution >= 4 is 5.91 Å². The van der Waals surface area contributed by atoms with Crippen molar-refractivity contribution in [2.24, 2.45) is 23.2 Å². The lowest BCUT2D eigenvalue weighted by atomic mass is 9.49. The standard InChI is InChI=1S/C23H32N2O3/c1-25(14-19-15-27-20-4-2-3-5-21(20)28-19)7-6-24-22(26)23-11-16-8-17(12-23)10-18(9-16)13-23/h2-5,16-19H,6-15H2,1H3,(H,24,26). The number of likely N-dealkylation sites (N-methyl/N-ethyl adjacent to an activating group) is 1. The highest BCUT2D eigenvalue weighted by Gasteiger charge is 2.54. The van der Waals surface area contributed by atoms with Gasteiger partial charge in [-0.25, -0.2) is 0 Å². The Morgan fingerprint density at radius 3 is 2.43 bits per heavy atom. The number of fused-ring (bicyclic) bond motifs is 1. The number of rotatable bonds is 6. The van der Waals surface area contributed by atoms with Gasteiger partial charge in [0.2, 0.25) is 5.91 Å². The van der Waals surface area contributed by atoms with Crippen molar-refractivity contribution in [1.82, 2.24) is 10.2 Å². The molecule has 4 saturated carbocycles. The van der Waals surface area contributed by atoms with E-state index >= 15 is 0 Å². The van der Waals surface area contributed by atoms with Crippen molar-refractivity contribution in [2.45, 2.75) is 44.6 Å². The second-order valence-corrected chi connectivity index (χ2v) is 9.71. The van der Waals surface area contributed by atoms with E-state index < -0.39 is 0 Å². The van der Waals surface area contributed by atoms with Gasteiger partial charge >= 0.3 is 0 Å². The molecule has 5 aliphatic rings. The summed E-state index contributed by atoms with van der Waals surface area (Å²) in [4.78, 5) is 15.3. The van der Waals surface area contributed by atoms with Gasteiger partial charge in [-0.15, -0.1) is 0 Å². The van der Waals surface area contributed by atoms with Crippen molar-refractivity contribution in [3.05, 3.63) is 24.3 Å². The Labute approximate surface area is 167 Å². The topological polar surface area (TPSA) is 50.8 Å². The monoisotopic (exact) mass is 384 g/mol. The molecular weight excluding hydrogens is 352 g/mol. The van der Waals surface area contributed by atoms with Gasteiger partial charge in [0.1, 0.15) is 12.7 Å². The quantitative estimate of drug-likeness (QED) is 0.819. The van der Waals surface area contributed by atoms with Crippen LogP contribution in [0.1, 0.15) is 38.5 Å². The Bertz CT molecular complexity index is 699. The van der Waals surface area contributed by atoms with Crippen LogP contribution in [0.25, 0.3) is 0 Å². The Balaban J connectivity index is 1.08. The van der Waals surface area contributed by atoms with Crippen LogP contribution in [0.3, 0.4) is 0 Å². The number of hydrogen-bond donors (Lipinski definition) is 1. The first-order valence-electron chi connectivity index (χ1n) is 10.9. The molecule has 1 aromatic carbocycles. The molecule has 5 nitrogen and oxygen atoms in total. The van der Waals surface area contributed by atoms with Gasteiger partial charge in [0.05, 0.1) is 0 Å². The molecular formula is C23H32N2O3. The molecule has 5 heteroatoms. The van der Waals surface area contributed by atoms with Crippen molar-refractivity contribution in [3.8, 4) is 11.5 Å². The van der Waals surface area contributed by atoms with Crippen molar-refractivity contribution < 1.29 is 14.3 Å². The summed E-state index contributed by atoms with van der Waals surface area (Å²) in [6.07, 6.45) is 7.55. The van der Waals surface area contributed by atoms with Crippen molar-refractivity contribution in [3.63, 3.8) is 0 Å². The highest BCUT2D eigenvalue weighted by Crippen LogP contribution is 2.60. The van der Waals surface area contributed by atoms with E-state index in [0.717, 1.165) is 61.6 Å². The summed E-state index contributed by atoms with van der Waals surface area (Å²) < 4.78 is 11.8. The van der Waals surface area contributed by atoms with Crippen molar-refractivity contribution in [2.75, 3.05) is 33.3 Å². The average molecular weight is 385 g/mol. The molecule has 28 heavy (non-hydrogen) atoms.